The van der Waals surface area contributed by atoms with Gasteiger partial charge in [0.15, 0.2) is 0 Å². The van der Waals surface area contributed by atoms with Crippen LogP contribution in [0.15, 0.2) is 48.5 Å². The number of carbonyl (C=O) groups is 2. The van der Waals surface area contributed by atoms with Gasteiger partial charge in [-0.2, -0.15) is 0 Å². The largest absolute Gasteiger partial charge is 0.494 e. The Hall–Kier alpha value is -2.82. The number of ether oxygens (including phenoxy) is 1. The quantitative estimate of drug-likeness (QED) is 0.728. The van der Waals surface area contributed by atoms with E-state index in [1.165, 1.54) is 6.42 Å². The van der Waals surface area contributed by atoms with Gasteiger partial charge >= 0.3 is 0 Å². The van der Waals surface area contributed by atoms with Crippen molar-refractivity contribution in [2.24, 2.45) is 5.92 Å². The molecule has 0 unspecified atom stereocenters. The Kier molecular flexibility index (Phi) is 7.28. The van der Waals surface area contributed by atoms with Crippen molar-refractivity contribution in [1.82, 2.24) is 4.90 Å². The van der Waals surface area contributed by atoms with Crippen molar-refractivity contribution in [2.45, 2.75) is 45.6 Å². The smallest absolute Gasteiger partial charge is 0.253 e. The molecule has 2 aromatic carbocycles. The maximum absolute atomic E-state index is 12.8. The van der Waals surface area contributed by atoms with E-state index in [0.717, 1.165) is 37.0 Å². The molecular weight excluding hydrogens is 364 g/mol. The zero-order chi connectivity index (χ0) is 20.6. The molecule has 1 aliphatic carbocycles. The van der Waals surface area contributed by atoms with Gasteiger partial charge in [-0.15, -0.1) is 0 Å². The molecule has 1 N–H and O–H groups in total. The molecule has 5 heteroatoms. The minimum Gasteiger partial charge on any atom is -0.494 e. The summed E-state index contributed by atoms with van der Waals surface area (Å²) in [6.07, 6.45) is 5.36. The summed E-state index contributed by atoms with van der Waals surface area (Å²) in [5.41, 5.74) is 2.28. The Morgan fingerprint density at radius 2 is 1.79 bits per heavy atom. The number of hydrogen-bond donors (Lipinski definition) is 1. The molecule has 0 bridgehead atoms. The van der Waals surface area contributed by atoms with E-state index >= 15 is 0 Å². The molecule has 1 saturated carbocycles. The number of anilines is 1. The van der Waals surface area contributed by atoms with Crippen LogP contribution < -0.4 is 10.1 Å². The molecule has 3 rings (SSSR count). The monoisotopic (exact) mass is 394 g/mol. The van der Waals surface area contributed by atoms with Crippen molar-refractivity contribution < 1.29 is 14.3 Å². The predicted octanol–water partition coefficient (Wildman–Crippen LogP) is 4.88. The van der Waals surface area contributed by atoms with Crippen LogP contribution in [0.3, 0.4) is 0 Å². The molecule has 1 fully saturated rings. The maximum atomic E-state index is 12.8. The van der Waals surface area contributed by atoms with Gasteiger partial charge in [-0.3, -0.25) is 9.59 Å². The van der Waals surface area contributed by atoms with Gasteiger partial charge in [-0.1, -0.05) is 37.5 Å². The van der Waals surface area contributed by atoms with E-state index < -0.39 is 0 Å². The van der Waals surface area contributed by atoms with Gasteiger partial charge in [0.2, 0.25) is 5.91 Å². The third-order valence-electron chi connectivity index (χ3n) is 5.35. The van der Waals surface area contributed by atoms with Crippen molar-refractivity contribution in [3.8, 4) is 5.75 Å². The van der Waals surface area contributed by atoms with Crippen LogP contribution in [-0.4, -0.2) is 30.4 Å². The summed E-state index contributed by atoms with van der Waals surface area (Å²) in [7, 11) is 1.78. The zero-order valence-corrected chi connectivity index (χ0v) is 17.3. The standard InChI is InChI=1S/C24H30N2O3/c1-3-29-22-14-12-18(13-15-22)17-26(2)24(28)20-10-7-11-21(16-20)25-23(27)19-8-5-4-6-9-19/h7,10-16,19H,3-6,8-9,17H2,1-2H3,(H,25,27). The number of nitrogens with one attached hydrogen (secondary N) is 1. The second-order valence-corrected chi connectivity index (χ2v) is 7.64. The molecule has 5 nitrogen and oxygen atoms in total. The van der Waals surface area contributed by atoms with Crippen LogP contribution in [0, 0.1) is 5.92 Å². The number of hydrogen-bond acceptors (Lipinski definition) is 3. The second-order valence-electron chi connectivity index (χ2n) is 7.64. The molecule has 0 saturated heterocycles. The fraction of sp³-hybridized carbons (Fsp3) is 0.417. The highest BCUT2D eigenvalue weighted by molar-refractivity contribution is 5.97. The average Bonchev–Trinajstić information content (AvgIpc) is 2.75. The summed E-state index contributed by atoms with van der Waals surface area (Å²) in [5, 5.41) is 2.99. The van der Waals surface area contributed by atoms with Gasteiger partial charge in [0.05, 0.1) is 6.61 Å². The van der Waals surface area contributed by atoms with E-state index in [9.17, 15) is 9.59 Å². The molecule has 0 radical (unpaired) electrons. The van der Waals surface area contributed by atoms with Gasteiger partial charge in [-0.05, 0) is 55.7 Å². The normalized spacial score (nSPS) is 14.3. The lowest BCUT2D eigenvalue weighted by atomic mass is 9.88. The lowest BCUT2D eigenvalue weighted by molar-refractivity contribution is -0.120. The summed E-state index contributed by atoms with van der Waals surface area (Å²) in [6.45, 7) is 3.08. The first-order chi connectivity index (χ1) is 14.1. The van der Waals surface area contributed by atoms with Crippen LogP contribution in [0.2, 0.25) is 0 Å². The van der Waals surface area contributed by atoms with Crippen LogP contribution in [0.1, 0.15) is 54.9 Å². The van der Waals surface area contributed by atoms with Crippen LogP contribution in [0.5, 0.6) is 5.75 Å². The summed E-state index contributed by atoms with van der Waals surface area (Å²) >= 11 is 0. The van der Waals surface area contributed by atoms with E-state index in [1.807, 2.05) is 43.3 Å². The number of amides is 2. The highest BCUT2D eigenvalue weighted by Crippen LogP contribution is 2.25. The Bertz CT molecular complexity index is 826. The number of carbonyl (C=O) groups excluding carboxylic acids is 2. The molecule has 0 atom stereocenters. The van der Waals surface area contributed by atoms with Crippen molar-refractivity contribution in [3.05, 3.63) is 59.7 Å². The van der Waals surface area contributed by atoms with Crippen molar-refractivity contribution in [1.29, 1.82) is 0 Å². The van der Waals surface area contributed by atoms with E-state index in [0.29, 0.717) is 24.4 Å². The van der Waals surface area contributed by atoms with Gasteiger partial charge < -0.3 is 15.0 Å². The Morgan fingerprint density at radius 3 is 2.48 bits per heavy atom. The first kappa shape index (κ1) is 20.9. The van der Waals surface area contributed by atoms with Gasteiger partial charge in [0, 0.05) is 30.8 Å². The van der Waals surface area contributed by atoms with Crippen LogP contribution in [0.25, 0.3) is 0 Å². The van der Waals surface area contributed by atoms with E-state index in [-0.39, 0.29) is 17.7 Å². The minimum absolute atomic E-state index is 0.0667. The van der Waals surface area contributed by atoms with Crippen molar-refractivity contribution in [2.75, 3.05) is 19.0 Å². The van der Waals surface area contributed by atoms with Crippen molar-refractivity contribution >= 4 is 17.5 Å². The lowest BCUT2D eigenvalue weighted by Gasteiger charge is -2.21. The Labute approximate surface area is 173 Å². The Balaban J connectivity index is 1.61. The molecule has 29 heavy (non-hydrogen) atoms. The first-order valence-corrected chi connectivity index (χ1v) is 10.4. The van der Waals surface area contributed by atoms with Crippen LogP contribution >= 0.6 is 0 Å². The summed E-state index contributed by atoms with van der Waals surface area (Å²) in [4.78, 5) is 27.0. The minimum atomic E-state index is -0.0762. The molecular formula is C24H30N2O3. The molecule has 1 aliphatic rings. The number of benzene rings is 2. The highest BCUT2D eigenvalue weighted by Gasteiger charge is 2.21. The van der Waals surface area contributed by atoms with Crippen LogP contribution in [-0.2, 0) is 11.3 Å². The lowest BCUT2D eigenvalue weighted by Crippen LogP contribution is -2.27. The third kappa shape index (κ3) is 5.83. The number of nitrogens with zero attached hydrogens (tertiary/aromatic N) is 1. The van der Waals surface area contributed by atoms with Crippen molar-refractivity contribution in [3.63, 3.8) is 0 Å². The van der Waals surface area contributed by atoms with E-state index in [2.05, 4.69) is 5.32 Å². The molecule has 154 valence electrons. The highest BCUT2D eigenvalue weighted by atomic mass is 16.5. The zero-order valence-electron chi connectivity index (χ0n) is 17.3. The molecule has 0 spiro atoms. The second kappa shape index (κ2) is 10.1. The third-order valence-corrected chi connectivity index (χ3v) is 5.35. The average molecular weight is 395 g/mol. The summed E-state index contributed by atoms with van der Waals surface area (Å²) in [6, 6.07) is 15.0. The predicted molar refractivity (Wildman–Crippen MR) is 115 cm³/mol. The molecule has 2 aromatic rings. The molecule has 0 heterocycles. The number of rotatable bonds is 7. The first-order valence-electron chi connectivity index (χ1n) is 10.4. The summed E-state index contributed by atoms with van der Waals surface area (Å²) < 4.78 is 5.46. The van der Waals surface area contributed by atoms with Gasteiger partial charge in [0.25, 0.3) is 5.91 Å². The maximum Gasteiger partial charge on any atom is 0.253 e. The molecule has 2 amide bonds. The fourth-order valence-electron chi connectivity index (χ4n) is 3.76. The molecule has 0 aliphatic heterocycles. The summed E-state index contributed by atoms with van der Waals surface area (Å²) in [5.74, 6) is 0.904. The van der Waals surface area contributed by atoms with E-state index in [4.69, 9.17) is 4.74 Å². The van der Waals surface area contributed by atoms with Crippen LogP contribution in [0.4, 0.5) is 5.69 Å². The van der Waals surface area contributed by atoms with E-state index in [1.54, 1.807) is 24.1 Å². The fourth-order valence-corrected chi connectivity index (χ4v) is 3.76. The topological polar surface area (TPSA) is 58.6 Å². The van der Waals surface area contributed by atoms with Gasteiger partial charge in [0.1, 0.15) is 5.75 Å². The Morgan fingerprint density at radius 1 is 1.07 bits per heavy atom. The SMILES string of the molecule is CCOc1ccc(CN(C)C(=O)c2cccc(NC(=O)C3CCCCC3)c2)cc1. The van der Waals surface area contributed by atoms with Gasteiger partial charge in [-0.25, -0.2) is 0 Å². The molecule has 0 aromatic heterocycles.